The minimum atomic E-state index is -0.878. The number of carbonyl (C=O) groups excluding carboxylic acids is 10. The van der Waals surface area contributed by atoms with Crippen LogP contribution in [0, 0.1) is 35.7 Å². The van der Waals surface area contributed by atoms with Crippen molar-refractivity contribution in [1.82, 2.24) is 0 Å². The van der Waals surface area contributed by atoms with Crippen molar-refractivity contribution in [2.75, 3.05) is 26.4 Å². The van der Waals surface area contributed by atoms with Gasteiger partial charge >= 0.3 is 160 Å². The number of cyclic esters (lactones) is 1. The summed E-state index contributed by atoms with van der Waals surface area (Å²) in [6.07, 6.45) is 4.98. The third-order valence-corrected chi connectivity index (χ3v) is 32.6. The molecule has 3 aliphatic rings. The lowest BCUT2D eigenvalue weighted by Crippen LogP contribution is -3.62. The summed E-state index contributed by atoms with van der Waals surface area (Å²) < 4.78 is 58.6. The van der Waals surface area contributed by atoms with Crippen molar-refractivity contribution in [3.05, 3.63) is 335 Å². The molecule has 2 heterocycles. The minimum absolute atomic E-state index is 0.0756. The molecular weight excluding hydrogens is 2190 g/mol. The zero-order chi connectivity index (χ0) is 92.4. The number of rotatable bonds is 27. The Labute approximate surface area is 804 Å². The Morgan fingerprint density at radius 3 is 1.00 bits per heavy atom. The third kappa shape index (κ3) is 37.3. The first kappa shape index (κ1) is 102. The van der Waals surface area contributed by atoms with Gasteiger partial charge in [-0.2, -0.15) is 0 Å². The van der Waals surface area contributed by atoms with Gasteiger partial charge in [-0.3, -0.25) is 28.8 Å². The standard InChI is InChI=1S/C27H34IO4.C24H26IO6.2C20H22IO4.C13H8IO/c1-5-27(15-6-7-16-27)32-25(30)19-31-24(29)18-20-9-8-10-23(17-20)28-22-13-11-21(12-14-22)26(2,3)4;1-24(2,3)17-7-9-18(10-8-17)25-19-6-4-5-16(13-19)14-21(27)29-15-22(28)31-23-12-11-20(26)30-23;2*1-20(2,3)25-19(23)14-24-18(22)13-15-8-7-11-17(12-15)21-16-9-5-4-6-10-16;15-13-9-5-1-3-7-11(9)14-12-8-4-2-6-10(12)13/h8-14,17H,5-7,15-16,18-19H2,1-4H3;4-10,13,23H,11-12,14-15H2,1-3H3;2*4-12H,13-14H2,1-3H3;1-8H/q5*+1. The van der Waals surface area contributed by atoms with E-state index in [1.54, 1.807) is 41.5 Å². The Morgan fingerprint density at radius 1 is 0.367 bits per heavy atom. The van der Waals surface area contributed by atoms with Gasteiger partial charge in [0.1, 0.15) is 16.8 Å². The topological polar surface area (TPSA) is 254 Å². The first-order chi connectivity index (χ1) is 60.9. The van der Waals surface area contributed by atoms with Crippen molar-refractivity contribution in [3.8, 4) is 0 Å². The number of benzene rings is 10. The highest BCUT2D eigenvalue weighted by Gasteiger charge is 2.38. The van der Waals surface area contributed by atoms with Crippen LogP contribution in [-0.4, -0.2) is 109 Å². The van der Waals surface area contributed by atoms with Crippen LogP contribution in [0.3, 0.4) is 0 Å². The van der Waals surface area contributed by atoms with Crippen LogP contribution in [0.15, 0.2) is 255 Å². The minimum Gasteiger partial charge on any atom is -0.457 e. The summed E-state index contributed by atoms with van der Waals surface area (Å²) in [5.41, 5.74) is 6.74. The largest absolute Gasteiger partial charge is 0.457 e. The van der Waals surface area contributed by atoms with E-state index >= 15 is 0 Å². The Bertz CT molecular complexity index is 5220. The third-order valence-electron chi connectivity index (χ3n) is 19.0. The van der Waals surface area contributed by atoms with Gasteiger partial charge in [-0.05, 0) is 239 Å². The molecule has 10 aromatic carbocycles. The maximum Gasteiger partial charge on any atom is 0.359 e. The summed E-state index contributed by atoms with van der Waals surface area (Å²) in [6, 6.07) is 86.1. The fraction of sp³-hybridized carbons (Fsp3) is 0.327. The Kier molecular flexibility index (Phi) is 40.2. The summed E-state index contributed by atoms with van der Waals surface area (Å²) >= 11 is -1.41. The molecule has 0 aromatic heterocycles. The fourth-order valence-corrected chi connectivity index (χ4v) is 25.2. The van der Waals surface area contributed by atoms with E-state index in [1.807, 2.05) is 146 Å². The van der Waals surface area contributed by atoms with E-state index in [1.165, 1.54) is 46.8 Å². The number of hydrogen-bond acceptors (Lipinski definition) is 19. The van der Waals surface area contributed by atoms with E-state index in [-0.39, 0.29) is 180 Å². The average molecular weight is 2300 g/mol. The van der Waals surface area contributed by atoms with Crippen LogP contribution < -0.4 is 106 Å². The summed E-state index contributed by atoms with van der Waals surface area (Å²) in [5.74, 6) is -4.23. The molecule has 13 rings (SSSR count). The van der Waals surface area contributed by atoms with Gasteiger partial charge in [0.15, 0.2) is 55.0 Å². The molecule has 1 saturated carbocycles. The maximum absolute atomic E-state index is 12.3. The molecule has 0 radical (unpaired) electrons. The van der Waals surface area contributed by atoms with Crippen molar-refractivity contribution in [3.63, 3.8) is 0 Å². The molecule has 1 atom stereocenters. The lowest BCUT2D eigenvalue weighted by Gasteiger charge is -2.27. The predicted octanol–water partition coefficient (Wildman–Crippen LogP) is 2.71. The molecule has 0 N–H and O–H groups in total. The summed E-state index contributed by atoms with van der Waals surface area (Å²) in [7, 11) is 0. The number of hydrogen-bond donors (Lipinski definition) is 0. The van der Waals surface area contributed by atoms with E-state index in [0.29, 0.717) is 6.42 Å². The second kappa shape index (κ2) is 50.2. The molecular formula is C104H112I5O19+5. The second-order valence-corrected chi connectivity index (χ2v) is 49.1. The fourth-order valence-electron chi connectivity index (χ4n) is 12.8. The first-order valence-corrected chi connectivity index (χ1v) is 53.0. The van der Waals surface area contributed by atoms with Crippen LogP contribution in [-0.2, 0) is 122 Å². The van der Waals surface area contributed by atoms with E-state index in [9.17, 15) is 47.9 Å². The average Bonchev–Trinajstić information content (AvgIpc) is 1.01. The predicted molar refractivity (Wildman–Crippen MR) is 465 cm³/mol. The van der Waals surface area contributed by atoms with Gasteiger partial charge in [0.05, 0.1) is 43.2 Å². The van der Waals surface area contributed by atoms with Gasteiger partial charge in [-0.15, -0.1) is 0 Å². The molecule has 2 fully saturated rings. The van der Waals surface area contributed by atoms with Gasteiger partial charge in [0, 0.05) is 6.42 Å². The molecule has 0 bridgehead atoms. The lowest BCUT2D eigenvalue weighted by molar-refractivity contribution is -0.599. The molecule has 128 heavy (non-hydrogen) atoms. The highest BCUT2D eigenvalue weighted by molar-refractivity contribution is 6.09. The summed E-state index contributed by atoms with van der Waals surface area (Å²) in [6.45, 7) is 24.4. The Morgan fingerprint density at radius 2 is 0.680 bits per heavy atom. The molecule has 0 amide bonds. The van der Waals surface area contributed by atoms with Gasteiger partial charge in [-0.25, -0.2) is 19.2 Å². The monoisotopic (exact) mass is 2300 g/mol. The van der Waals surface area contributed by atoms with E-state index in [0.717, 1.165) is 65.5 Å². The molecule has 1 unspecified atom stereocenters. The highest BCUT2D eigenvalue weighted by atomic mass is 127. The number of ketones is 1. The van der Waals surface area contributed by atoms with Crippen LogP contribution >= 0.6 is 0 Å². The highest BCUT2D eigenvalue weighted by Crippen LogP contribution is 2.36. The quantitative estimate of drug-likeness (QED) is 0.0408. The second-order valence-electron chi connectivity index (χ2n) is 34.1. The number of carbonyl (C=O) groups is 10. The van der Waals surface area contributed by atoms with Gasteiger partial charge in [0.2, 0.25) is 19.2 Å². The molecule has 19 nitrogen and oxygen atoms in total. The summed E-state index contributed by atoms with van der Waals surface area (Å²) in [5, 5.41) is 0. The van der Waals surface area contributed by atoms with Crippen molar-refractivity contribution >= 4 is 59.5 Å². The molecule has 672 valence electrons. The van der Waals surface area contributed by atoms with Gasteiger partial charge in [-0.1, -0.05) is 182 Å². The lowest BCUT2D eigenvalue weighted by atomic mass is 9.87. The van der Waals surface area contributed by atoms with E-state index < -0.39 is 77.8 Å². The molecule has 10 aromatic rings. The molecule has 1 saturated heterocycles. The van der Waals surface area contributed by atoms with Gasteiger partial charge < -0.3 is 42.6 Å². The normalized spacial score (nSPS) is 13.6. The number of ether oxygens (including phenoxy) is 9. The first-order valence-electron chi connectivity index (χ1n) is 42.2. The summed E-state index contributed by atoms with van der Waals surface area (Å²) in [4.78, 5) is 118. The molecule has 2 aliphatic heterocycles. The van der Waals surface area contributed by atoms with E-state index in [2.05, 4.69) is 157 Å². The Hall–Kier alpha value is -9.25. The van der Waals surface area contributed by atoms with Crippen LogP contribution in [0.25, 0.3) is 0 Å². The molecule has 24 heteroatoms. The van der Waals surface area contributed by atoms with Crippen LogP contribution in [0.5, 0.6) is 0 Å². The van der Waals surface area contributed by atoms with Crippen molar-refractivity contribution in [2.24, 2.45) is 0 Å². The van der Waals surface area contributed by atoms with Crippen LogP contribution in [0.1, 0.15) is 184 Å². The number of fused-ring (bicyclic) bond motifs is 2. The number of halogens is 5. The van der Waals surface area contributed by atoms with Crippen molar-refractivity contribution < 1.29 is 197 Å². The smallest absolute Gasteiger partial charge is 0.359 e. The van der Waals surface area contributed by atoms with Crippen molar-refractivity contribution in [2.45, 2.75) is 195 Å². The zero-order valence-electron chi connectivity index (χ0n) is 74.6. The zero-order valence-corrected chi connectivity index (χ0v) is 85.4. The SMILES string of the molecule is CC(C)(C)OC(=O)COC(=O)Cc1cccc([I+]c2ccccc2)c1.CC(C)(C)OC(=O)COC(=O)Cc1cccc([I+]c2ccccc2)c1.CC(C)(C)c1ccc([I+]c2cccc(CC(=O)OCC(=O)OC3CCC(=O)O3)c2)cc1.CCC1(OC(=O)COC(=O)Cc2cccc([I+]c3ccc(C(C)(C)C)cc3)c2)CCCC1.O=C1c2ccccc2[I+]c2ccccc21. The number of esters is 9. The maximum atomic E-state index is 12.3. The van der Waals surface area contributed by atoms with Crippen molar-refractivity contribution in [1.29, 1.82) is 0 Å². The van der Waals surface area contributed by atoms with Crippen LogP contribution in [0.4, 0.5) is 0 Å². The van der Waals surface area contributed by atoms with Crippen LogP contribution in [0.2, 0.25) is 0 Å². The van der Waals surface area contributed by atoms with E-state index in [4.69, 9.17) is 42.6 Å². The molecule has 0 spiro atoms. The molecule has 1 aliphatic carbocycles. The Balaban J connectivity index is 0.000000184. The van der Waals surface area contributed by atoms with Gasteiger partial charge in [0.25, 0.3) is 0 Å².